The average Bonchev–Trinajstić information content (AvgIpc) is 2.69. The number of carbonyl (C=O) groups is 1. The fourth-order valence-electron chi connectivity index (χ4n) is 2.63. The monoisotopic (exact) mass is 429 g/mol. The van der Waals surface area contributed by atoms with E-state index in [2.05, 4.69) is 15.0 Å². The molecule has 2 N–H and O–H groups in total. The number of H-pyrrole nitrogens is 1. The van der Waals surface area contributed by atoms with Crippen molar-refractivity contribution in [3.8, 4) is 0 Å². The molecule has 2 aromatic carbocycles. The van der Waals surface area contributed by atoms with E-state index in [0.29, 0.717) is 5.69 Å². The van der Waals surface area contributed by atoms with Crippen molar-refractivity contribution in [1.82, 2.24) is 5.32 Å². The lowest BCUT2D eigenvalue weighted by Crippen LogP contribution is -2.26. The van der Waals surface area contributed by atoms with Crippen molar-refractivity contribution < 1.29 is 18.2 Å². The Balaban J connectivity index is 1.81. The Hall–Kier alpha value is -2.90. The van der Waals surface area contributed by atoms with Gasteiger partial charge in [-0.1, -0.05) is 35.9 Å². The Kier molecular flexibility index (Phi) is 6.20. The van der Waals surface area contributed by atoms with Gasteiger partial charge in [-0.15, -0.1) is 5.69 Å². The number of carbonyl (C=O) groups excluding carboxylic acids is 1. The van der Waals surface area contributed by atoms with Crippen LogP contribution in [-0.4, -0.2) is 14.3 Å². The number of aromatic amines is 1. The molecule has 0 bridgehead atoms. The molecule has 8 heteroatoms. The number of amides is 1. The summed E-state index contributed by atoms with van der Waals surface area (Å²) in [6, 6.07) is 14.7. The summed E-state index contributed by atoms with van der Waals surface area (Å²) in [6.45, 7) is 4.08. The second-order valence-corrected chi connectivity index (χ2v) is 8.53. The first kappa shape index (κ1) is 20.8. The maximum absolute atomic E-state index is 12.8. The minimum absolute atomic E-state index is 0.00512. The minimum Gasteiger partial charge on any atom is -0.573 e. The standard InChI is InChI=1S/C21H19ClN3O3S/c1-14-6-8-17(11-15(14)2)25-29(27,28)20-12-16(7-9-19(20)22)21(26)24-13-18-5-3-4-10-23-18/h3-12H,13H2,1-2H3,(H,24,26)/q-1/p+1. The number of hydrogen-bond donors (Lipinski definition) is 1. The van der Waals surface area contributed by atoms with Crippen LogP contribution in [0.2, 0.25) is 5.02 Å². The predicted molar refractivity (Wildman–Crippen MR) is 112 cm³/mol. The first-order valence-electron chi connectivity index (χ1n) is 8.85. The van der Waals surface area contributed by atoms with Gasteiger partial charge in [0.2, 0.25) is 0 Å². The predicted octanol–water partition coefficient (Wildman–Crippen LogP) is 4.10. The SMILES string of the molecule is Cc1ccc([N-]S(=O)(=O)c2cc(C(=O)NCc3cccc[nH+]3)ccc2Cl)cc1C. The maximum Gasteiger partial charge on any atom is 0.251 e. The van der Waals surface area contributed by atoms with E-state index in [-0.39, 0.29) is 22.0 Å². The highest BCUT2D eigenvalue weighted by Crippen LogP contribution is 2.33. The molecule has 3 rings (SSSR count). The van der Waals surface area contributed by atoms with Gasteiger partial charge in [0.15, 0.2) is 11.9 Å². The quantitative estimate of drug-likeness (QED) is 0.639. The van der Waals surface area contributed by atoms with Gasteiger partial charge in [0, 0.05) is 17.7 Å². The summed E-state index contributed by atoms with van der Waals surface area (Å²) < 4.78 is 29.4. The molecular weight excluding hydrogens is 410 g/mol. The molecule has 0 fully saturated rings. The zero-order chi connectivity index (χ0) is 21.0. The molecule has 0 saturated heterocycles. The van der Waals surface area contributed by atoms with Crippen molar-refractivity contribution in [2.75, 3.05) is 0 Å². The van der Waals surface area contributed by atoms with Crippen LogP contribution in [0.5, 0.6) is 0 Å². The number of halogens is 1. The van der Waals surface area contributed by atoms with Crippen LogP contribution in [-0.2, 0) is 16.6 Å². The molecule has 3 aromatic rings. The lowest BCUT2D eigenvalue weighted by atomic mass is 10.1. The lowest BCUT2D eigenvalue weighted by molar-refractivity contribution is -0.390. The van der Waals surface area contributed by atoms with Crippen LogP contribution in [0, 0.1) is 13.8 Å². The van der Waals surface area contributed by atoms with Gasteiger partial charge in [-0.05, 0) is 43.2 Å². The summed E-state index contributed by atoms with van der Waals surface area (Å²) in [5.41, 5.74) is 3.26. The second-order valence-electron chi connectivity index (χ2n) is 6.55. The number of nitrogens with one attached hydrogen (secondary N) is 2. The number of benzene rings is 2. The first-order chi connectivity index (χ1) is 13.8. The Morgan fingerprint density at radius 1 is 1.07 bits per heavy atom. The molecule has 0 spiro atoms. The fraction of sp³-hybridized carbons (Fsp3) is 0.143. The van der Waals surface area contributed by atoms with Crippen molar-refractivity contribution in [3.05, 3.63) is 92.9 Å². The van der Waals surface area contributed by atoms with E-state index in [4.69, 9.17) is 11.6 Å². The van der Waals surface area contributed by atoms with Gasteiger partial charge in [-0.2, -0.15) is 0 Å². The molecule has 1 amide bonds. The molecule has 1 aromatic heterocycles. The van der Waals surface area contributed by atoms with Gasteiger partial charge < -0.3 is 10.0 Å². The van der Waals surface area contributed by atoms with Gasteiger partial charge in [0.1, 0.15) is 16.6 Å². The number of hydrogen-bond acceptors (Lipinski definition) is 3. The summed E-state index contributed by atoms with van der Waals surface area (Å²) in [6.07, 6.45) is 1.75. The molecule has 29 heavy (non-hydrogen) atoms. The van der Waals surface area contributed by atoms with E-state index in [1.807, 2.05) is 32.0 Å². The molecule has 0 aliphatic carbocycles. The lowest BCUT2D eigenvalue weighted by Gasteiger charge is -2.23. The molecule has 0 saturated carbocycles. The van der Waals surface area contributed by atoms with Crippen LogP contribution in [0.4, 0.5) is 5.69 Å². The molecule has 150 valence electrons. The summed E-state index contributed by atoms with van der Waals surface area (Å²) in [5.74, 6) is -0.415. The van der Waals surface area contributed by atoms with E-state index in [1.165, 1.54) is 18.2 Å². The summed E-state index contributed by atoms with van der Waals surface area (Å²) in [4.78, 5) is 15.3. The fourth-order valence-corrected chi connectivity index (χ4v) is 4.12. The zero-order valence-corrected chi connectivity index (χ0v) is 17.5. The van der Waals surface area contributed by atoms with Crippen molar-refractivity contribution in [2.45, 2.75) is 25.3 Å². The summed E-state index contributed by atoms with van der Waals surface area (Å²) >= 11 is 6.11. The number of nitrogens with zero attached hydrogens (tertiary/aromatic N) is 1. The second kappa shape index (κ2) is 8.63. The third-order valence-electron chi connectivity index (χ3n) is 4.40. The average molecular weight is 430 g/mol. The van der Waals surface area contributed by atoms with Crippen LogP contribution >= 0.6 is 11.6 Å². The van der Waals surface area contributed by atoms with Gasteiger partial charge in [0.25, 0.3) is 5.91 Å². The normalized spacial score (nSPS) is 11.1. The van der Waals surface area contributed by atoms with Crippen molar-refractivity contribution in [3.63, 3.8) is 0 Å². The first-order valence-corrected chi connectivity index (χ1v) is 10.7. The highest BCUT2D eigenvalue weighted by atomic mass is 35.5. The van der Waals surface area contributed by atoms with Gasteiger partial charge in [-0.25, -0.2) is 13.4 Å². The summed E-state index contributed by atoms with van der Waals surface area (Å²) in [7, 11) is -4.09. The smallest absolute Gasteiger partial charge is 0.251 e. The number of aryl methyl sites for hydroxylation is 2. The number of pyridine rings is 1. The van der Waals surface area contributed by atoms with E-state index < -0.39 is 15.9 Å². The van der Waals surface area contributed by atoms with E-state index in [1.54, 1.807) is 24.4 Å². The van der Waals surface area contributed by atoms with Crippen molar-refractivity contribution in [1.29, 1.82) is 0 Å². The van der Waals surface area contributed by atoms with Crippen molar-refractivity contribution in [2.24, 2.45) is 0 Å². The Morgan fingerprint density at radius 3 is 2.55 bits per heavy atom. The van der Waals surface area contributed by atoms with Gasteiger partial charge in [0.05, 0.1) is 9.92 Å². The van der Waals surface area contributed by atoms with Crippen LogP contribution in [0.15, 0.2) is 65.7 Å². The maximum atomic E-state index is 12.8. The third kappa shape index (κ3) is 5.13. The largest absolute Gasteiger partial charge is 0.573 e. The summed E-state index contributed by atoms with van der Waals surface area (Å²) in [5, 5.41) is 2.74. The highest BCUT2D eigenvalue weighted by Gasteiger charge is 2.15. The molecule has 6 nitrogen and oxygen atoms in total. The Labute approximate surface area is 175 Å². The molecular formula is C21H20ClN3O3S. The molecule has 0 radical (unpaired) electrons. The topological polar surface area (TPSA) is 91.5 Å². The molecule has 0 aliphatic rings. The number of aromatic nitrogens is 1. The van der Waals surface area contributed by atoms with E-state index in [0.717, 1.165) is 16.8 Å². The van der Waals surface area contributed by atoms with Crippen LogP contribution in [0.1, 0.15) is 27.2 Å². The van der Waals surface area contributed by atoms with Crippen LogP contribution in [0.25, 0.3) is 4.72 Å². The van der Waals surface area contributed by atoms with Crippen LogP contribution < -0.4 is 10.3 Å². The van der Waals surface area contributed by atoms with Crippen molar-refractivity contribution >= 4 is 33.2 Å². The molecule has 1 heterocycles. The van der Waals surface area contributed by atoms with Gasteiger partial charge in [-0.3, -0.25) is 4.79 Å². The van der Waals surface area contributed by atoms with E-state index >= 15 is 0 Å². The molecule has 0 aliphatic heterocycles. The Bertz CT molecular complexity index is 1150. The minimum atomic E-state index is -4.09. The Morgan fingerprint density at radius 2 is 1.86 bits per heavy atom. The van der Waals surface area contributed by atoms with Crippen LogP contribution in [0.3, 0.4) is 0 Å². The number of sulfonamides is 1. The zero-order valence-electron chi connectivity index (χ0n) is 15.9. The molecule has 0 unspecified atom stereocenters. The van der Waals surface area contributed by atoms with E-state index in [9.17, 15) is 13.2 Å². The third-order valence-corrected chi connectivity index (χ3v) is 6.19. The molecule has 0 atom stereocenters. The van der Waals surface area contributed by atoms with Gasteiger partial charge >= 0.3 is 0 Å². The highest BCUT2D eigenvalue weighted by molar-refractivity contribution is 7.94. The number of rotatable bonds is 6.